The lowest BCUT2D eigenvalue weighted by atomic mass is 10.2. The minimum Gasteiger partial charge on any atom is -0.347 e. The van der Waals surface area contributed by atoms with Crippen molar-refractivity contribution in [2.45, 2.75) is 13.3 Å². The van der Waals surface area contributed by atoms with E-state index < -0.39 is 11.8 Å². The molecule has 27 heavy (non-hydrogen) atoms. The number of carbonyl (C=O) groups excluding carboxylic acids is 2. The number of amides is 2. The van der Waals surface area contributed by atoms with Crippen LogP contribution in [0.4, 0.5) is 10.1 Å². The Bertz CT molecular complexity index is 954. The predicted octanol–water partition coefficient (Wildman–Crippen LogP) is 3.56. The third-order valence-electron chi connectivity index (χ3n) is 3.79. The number of halogens is 1. The lowest BCUT2D eigenvalue weighted by molar-refractivity contribution is -0.136. The summed E-state index contributed by atoms with van der Waals surface area (Å²) in [4.78, 5) is 28.3. The molecule has 7 heteroatoms. The number of aromatic nitrogens is 1. The summed E-state index contributed by atoms with van der Waals surface area (Å²) < 4.78 is 13.0. The monoisotopic (exact) mass is 383 g/mol. The van der Waals surface area contributed by atoms with Gasteiger partial charge >= 0.3 is 11.8 Å². The van der Waals surface area contributed by atoms with Crippen molar-refractivity contribution in [3.63, 3.8) is 0 Å². The van der Waals surface area contributed by atoms with Crippen molar-refractivity contribution in [3.05, 3.63) is 71.0 Å². The Morgan fingerprint density at radius 1 is 1.11 bits per heavy atom. The molecule has 5 nitrogen and oxygen atoms in total. The van der Waals surface area contributed by atoms with Crippen molar-refractivity contribution >= 4 is 28.8 Å². The molecule has 0 aliphatic heterocycles. The first-order chi connectivity index (χ1) is 13.0. The largest absolute Gasteiger partial charge is 0.347 e. The molecular weight excluding hydrogens is 365 g/mol. The molecule has 2 N–H and O–H groups in total. The maximum absolute atomic E-state index is 13.0. The van der Waals surface area contributed by atoms with Gasteiger partial charge in [0.2, 0.25) is 0 Å². The highest BCUT2D eigenvalue weighted by molar-refractivity contribution is 7.13. The molecule has 138 valence electrons. The van der Waals surface area contributed by atoms with Gasteiger partial charge in [-0.3, -0.25) is 9.59 Å². The van der Waals surface area contributed by atoms with E-state index in [4.69, 9.17) is 0 Å². The Hall–Kier alpha value is -3.06. The van der Waals surface area contributed by atoms with Gasteiger partial charge in [-0.05, 0) is 48.9 Å². The number of rotatable bonds is 5. The maximum Gasteiger partial charge on any atom is 0.313 e. The summed E-state index contributed by atoms with van der Waals surface area (Å²) in [5, 5.41) is 7.82. The number of carbonyl (C=O) groups is 2. The molecule has 0 aliphatic carbocycles. The van der Waals surface area contributed by atoms with Gasteiger partial charge in [0, 0.05) is 29.6 Å². The van der Waals surface area contributed by atoms with Gasteiger partial charge in [-0.25, -0.2) is 9.37 Å². The van der Waals surface area contributed by atoms with Crippen LogP contribution in [0.1, 0.15) is 11.3 Å². The molecule has 2 amide bonds. The van der Waals surface area contributed by atoms with Crippen molar-refractivity contribution in [2.24, 2.45) is 0 Å². The molecule has 0 saturated heterocycles. The predicted molar refractivity (Wildman–Crippen MR) is 104 cm³/mol. The average molecular weight is 383 g/mol. The minimum atomic E-state index is -0.703. The highest BCUT2D eigenvalue weighted by Gasteiger charge is 2.13. The SMILES string of the molecule is Cc1cccc(NC(=O)C(=O)NCCc2csc(-c3ccc(F)cc3)n2)c1. The van der Waals surface area contributed by atoms with E-state index in [0.717, 1.165) is 21.8 Å². The topological polar surface area (TPSA) is 71.1 Å². The molecule has 2 aromatic carbocycles. The number of aryl methyl sites for hydroxylation is 1. The smallest absolute Gasteiger partial charge is 0.313 e. The maximum atomic E-state index is 13.0. The second kappa shape index (κ2) is 8.55. The van der Waals surface area contributed by atoms with Gasteiger partial charge in [-0.15, -0.1) is 11.3 Å². The van der Waals surface area contributed by atoms with Crippen molar-refractivity contribution in [1.82, 2.24) is 10.3 Å². The van der Waals surface area contributed by atoms with Gasteiger partial charge in [-0.1, -0.05) is 12.1 Å². The molecule has 1 heterocycles. The lowest BCUT2D eigenvalue weighted by Crippen LogP contribution is -2.36. The van der Waals surface area contributed by atoms with Crippen molar-refractivity contribution in [2.75, 3.05) is 11.9 Å². The number of hydrogen-bond acceptors (Lipinski definition) is 4. The molecule has 3 rings (SSSR count). The van der Waals surface area contributed by atoms with E-state index in [2.05, 4.69) is 15.6 Å². The lowest BCUT2D eigenvalue weighted by Gasteiger charge is -2.06. The summed E-state index contributed by atoms with van der Waals surface area (Å²) in [5.41, 5.74) is 3.22. The fourth-order valence-corrected chi connectivity index (χ4v) is 3.30. The molecule has 0 atom stereocenters. The molecule has 0 aliphatic rings. The molecule has 0 radical (unpaired) electrons. The minimum absolute atomic E-state index is 0.290. The second-order valence-electron chi connectivity index (χ2n) is 5.98. The number of nitrogens with one attached hydrogen (secondary N) is 2. The highest BCUT2D eigenvalue weighted by atomic mass is 32.1. The van der Waals surface area contributed by atoms with Crippen LogP contribution in [0.3, 0.4) is 0 Å². The Labute approximate surface area is 160 Å². The fourth-order valence-electron chi connectivity index (χ4n) is 2.44. The first kappa shape index (κ1) is 18.7. The summed E-state index contributed by atoms with van der Waals surface area (Å²) in [5.74, 6) is -1.68. The van der Waals surface area contributed by atoms with Gasteiger partial charge < -0.3 is 10.6 Å². The number of thiazole rings is 1. The number of nitrogens with zero attached hydrogens (tertiary/aromatic N) is 1. The van der Waals surface area contributed by atoms with E-state index in [1.807, 2.05) is 24.4 Å². The van der Waals surface area contributed by atoms with Crippen LogP contribution in [0.15, 0.2) is 53.9 Å². The van der Waals surface area contributed by atoms with Gasteiger partial charge in [0.1, 0.15) is 10.8 Å². The Morgan fingerprint density at radius 2 is 1.89 bits per heavy atom. The van der Waals surface area contributed by atoms with Crippen molar-refractivity contribution < 1.29 is 14.0 Å². The molecule has 3 aromatic rings. The number of anilines is 1. The van der Waals surface area contributed by atoms with Gasteiger partial charge in [0.05, 0.1) is 5.69 Å². The van der Waals surface area contributed by atoms with Crippen molar-refractivity contribution in [1.29, 1.82) is 0 Å². The molecule has 0 spiro atoms. The molecular formula is C20H18FN3O2S. The summed E-state index contributed by atoms with van der Waals surface area (Å²) in [6.45, 7) is 2.20. The molecule has 0 saturated carbocycles. The van der Waals surface area contributed by atoms with E-state index in [0.29, 0.717) is 18.7 Å². The van der Waals surface area contributed by atoms with E-state index >= 15 is 0 Å². The van der Waals surface area contributed by atoms with Crippen LogP contribution in [-0.2, 0) is 16.0 Å². The molecule has 0 bridgehead atoms. The summed E-state index contributed by atoms with van der Waals surface area (Å²) >= 11 is 1.45. The van der Waals surface area contributed by atoms with Crippen LogP contribution < -0.4 is 10.6 Å². The molecule has 0 fully saturated rings. The summed E-state index contributed by atoms with van der Waals surface area (Å²) in [7, 11) is 0. The van der Waals surface area contributed by atoms with E-state index in [1.54, 1.807) is 24.3 Å². The fraction of sp³-hybridized carbons (Fsp3) is 0.150. The average Bonchev–Trinajstić information content (AvgIpc) is 3.11. The zero-order chi connectivity index (χ0) is 19.2. The standard InChI is InChI=1S/C20H18FN3O2S/c1-13-3-2-4-16(11-13)23-19(26)18(25)22-10-9-17-12-27-20(24-17)14-5-7-15(21)8-6-14/h2-8,11-12H,9-10H2,1H3,(H,22,25)(H,23,26). The summed E-state index contributed by atoms with van der Waals surface area (Å²) in [6.07, 6.45) is 0.501. The molecule has 1 aromatic heterocycles. The zero-order valence-electron chi connectivity index (χ0n) is 14.7. The number of hydrogen-bond donors (Lipinski definition) is 2. The Kier molecular flexibility index (Phi) is 5.93. The van der Waals surface area contributed by atoms with Crippen LogP contribution in [0.5, 0.6) is 0 Å². The third kappa shape index (κ3) is 5.21. The number of benzene rings is 2. The second-order valence-corrected chi connectivity index (χ2v) is 6.84. The van der Waals surface area contributed by atoms with Crippen LogP contribution in [0, 0.1) is 12.7 Å². The molecule has 0 unspecified atom stereocenters. The van der Waals surface area contributed by atoms with Crippen LogP contribution >= 0.6 is 11.3 Å². The quantitative estimate of drug-likeness (QED) is 0.662. The highest BCUT2D eigenvalue weighted by Crippen LogP contribution is 2.23. The van der Waals surface area contributed by atoms with Crippen LogP contribution in [-0.4, -0.2) is 23.3 Å². The van der Waals surface area contributed by atoms with Gasteiger partial charge in [0.25, 0.3) is 0 Å². The normalized spacial score (nSPS) is 10.4. The Morgan fingerprint density at radius 3 is 2.63 bits per heavy atom. The summed E-state index contributed by atoms with van der Waals surface area (Å²) in [6, 6.07) is 13.4. The van der Waals surface area contributed by atoms with Gasteiger partial charge in [0.15, 0.2) is 0 Å². The van der Waals surface area contributed by atoms with E-state index in [9.17, 15) is 14.0 Å². The van der Waals surface area contributed by atoms with E-state index in [-0.39, 0.29) is 5.82 Å². The van der Waals surface area contributed by atoms with E-state index in [1.165, 1.54) is 23.5 Å². The zero-order valence-corrected chi connectivity index (χ0v) is 15.5. The first-order valence-electron chi connectivity index (χ1n) is 8.37. The third-order valence-corrected chi connectivity index (χ3v) is 4.73. The Balaban J connectivity index is 1.48. The van der Waals surface area contributed by atoms with Crippen molar-refractivity contribution in [3.8, 4) is 10.6 Å². The first-order valence-corrected chi connectivity index (χ1v) is 9.25. The van der Waals surface area contributed by atoms with Gasteiger partial charge in [-0.2, -0.15) is 0 Å². The van der Waals surface area contributed by atoms with Crippen LogP contribution in [0.25, 0.3) is 10.6 Å². The van der Waals surface area contributed by atoms with Crippen LogP contribution in [0.2, 0.25) is 0 Å².